The third kappa shape index (κ3) is 3.35. The average Bonchev–Trinajstić information content (AvgIpc) is 3.38. The Morgan fingerprint density at radius 3 is 2.71 bits per heavy atom. The van der Waals surface area contributed by atoms with Crippen molar-refractivity contribution in [1.29, 1.82) is 0 Å². The van der Waals surface area contributed by atoms with Crippen LogP contribution in [0.5, 0.6) is 0 Å². The van der Waals surface area contributed by atoms with Gasteiger partial charge in [-0.3, -0.25) is 9.59 Å². The van der Waals surface area contributed by atoms with E-state index in [1.807, 2.05) is 30.3 Å². The zero-order chi connectivity index (χ0) is 24.2. The molecule has 9 heteroatoms. The number of nitrogens with one attached hydrogen (secondary N) is 2. The third-order valence-corrected chi connectivity index (χ3v) is 6.55. The number of halogens is 2. The second-order valence-corrected chi connectivity index (χ2v) is 8.62. The number of fused-ring (bicyclic) bond motifs is 3. The number of hydrogen-bond donors (Lipinski definition) is 2. The fourth-order valence-corrected chi connectivity index (χ4v) is 4.86. The number of ketones is 1. The Morgan fingerprint density at radius 2 is 1.83 bits per heavy atom. The molecule has 0 fully saturated rings. The van der Waals surface area contributed by atoms with Gasteiger partial charge in [0, 0.05) is 23.5 Å². The van der Waals surface area contributed by atoms with Crippen LogP contribution in [0.2, 0.25) is 0 Å². The molecule has 1 aliphatic carbocycles. The van der Waals surface area contributed by atoms with E-state index in [1.165, 1.54) is 24.5 Å². The van der Waals surface area contributed by atoms with Crippen LogP contribution in [-0.2, 0) is 23.1 Å². The molecule has 1 aliphatic heterocycles. The Kier molecular flexibility index (Phi) is 4.67. The highest BCUT2D eigenvalue weighted by atomic mass is 19.2. The van der Waals surface area contributed by atoms with Crippen LogP contribution >= 0.6 is 0 Å². The van der Waals surface area contributed by atoms with E-state index in [-0.39, 0.29) is 11.6 Å². The summed E-state index contributed by atoms with van der Waals surface area (Å²) in [5.41, 5.74) is 2.56. The number of carbonyl (C=O) groups is 2. The molecule has 4 aromatic rings. The summed E-state index contributed by atoms with van der Waals surface area (Å²) in [6.07, 6.45) is 3.96. The van der Waals surface area contributed by atoms with E-state index in [1.54, 1.807) is 6.20 Å². The number of nitrogens with zero attached hydrogens (tertiary/aromatic N) is 3. The Morgan fingerprint density at radius 1 is 0.971 bits per heavy atom. The van der Waals surface area contributed by atoms with E-state index < -0.39 is 28.4 Å². The van der Waals surface area contributed by atoms with E-state index >= 15 is 0 Å². The normalized spacial score (nSPS) is 17.7. The first-order valence-corrected chi connectivity index (χ1v) is 10.9. The molecule has 0 saturated heterocycles. The topological polar surface area (TPSA) is 96.9 Å². The molecule has 35 heavy (non-hydrogen) atoms. The third-order valence-electron chi connectivity index (χ3n) is 6.55. The van der Waals surface area contributed by atoms with Crippen LogP contribution in [0.3, 0.4) is 0 Å². The summed E-state index contributed by atoms with van der Waals surface area (Å²) in [4.78, 5) is 37.9. The molecule has 0 saturated carbocycles. The van der Waals surface area contributed by atoms with E-state index in [0.717, 1.165) is 22.8 Å². The number of aromatic nitrogens is 3. The number of carbonyl (C=O) groups excluding carboxylic acids is 2. The van der Waals surface area contributed by atoms with Crippen molar-refractivity contribution in [3.8, 4) is 0 Å². The maximum Gasteiger partial charge on any atom is 0.237 e. The Hall–Kier alpha value is -4.53. The van der Waals surface area contributed by atoms with Gasteiger partial charge in [-0.25, -0.2) is 23.7 Å². The fraction of sp³-hybridized carbons (Fsp3) is 0.115. The summed E-state index contributed by atoms with van der Waals surface area (Å²) in [5, 5.41) is 6.02. The molecule has 1 atom stereocenters. The van der Waals surface area contributed by atoms with Gasteiger partial charge in [-0.15, -0.1) is 0 Å². The highest BCUT2D eigenvalue weighted by Gasteiger charge is 2.51. The number of hydrogen-bond acceptors (Lipinski definition) is 6. The van der Waals surface area contributed by atoms with Crippen molar-refractivity contribution in [2.75, 3.05) is 10.6 Å². The van der Waals surface area contributed by atoms with Gasteiger partial charge in [0.1, 0.15) is 23.7 Å². The van der Waals surface area contributed by atoms with Gasteiger partial charge in [-0.2, -0.15) is 0 Å². The number of pyridine rings is 1. The smallest absolute Gasteiger partial charge is 0.237 e. The minimum absolute atomic E-state index is 0.0551. The van der Waals surface area contributed by atoms with Crippen molar-refractivity contribution < 1.29 is 18.4 Å². The second-order valence-electron chi connectivity index (χ2n) is 8.62. The number of rotatable bonds is 4. The molecule has 1 spiro atoms. The van der Waals surface area contributed by atoms with Crippen molar-refractivity contribution in [2.24, 2.45) is 0 Å². The highest BCUT2D eigenvalue weighted by molar-refractivity contribution is 6.08. The molecule has 7 nitrogen and oxygen atoms in total. The van der Waals surface area contributed by atoms with E-state index in [4.69, 9.17) is 0 Å². The Balaban J connectivity index is 1.26. The maximum absolute atomic E-state index is 14.1. The van der Waals surface area contributed by atoms with Gasteiger partial charge in [0.15, 0.2) is 11.6 Å². The predicted octanol–water partition coefficient (Wildman–Crippen LogP) is 4.11. The molecule has 1 unspecified atom stereocenters. The zero-order valence-corrected chi connectivity index (χ0v) is 18.2. The number of amides is 1. The van der Waals surface area contributed by atoms with Crippen LogP contribution in [0, 0.1) is 11.6 Å². The van der Waals surface area contributed by atoms with Crippen molar-refractivity contribution in [3.63, 3.8) is 0 Å². The second kappa shape index (κ2) is 7.76. The molecule has 2 aromatic carbocycles. The first-order chi connectivity index (χ1) is 16.9. The van der Waals surface area contributed by atoms with E-state index in [0.29, 0.717) is 30.2 Å². The molecular formula is C26H17F2N5O2. The van der Waals surface area contributed by atoms with Gasteiger partial charge in [0.05, 0.1) is 11.0 Å². The van der Waals surface area contributed by atoms with Crippen molar-refractivity contribution in [1.82, 2.24) is 15.0 Å². The number of anilines is 3. The van der Waals surface area contributed by atoms with Crippen molar-refractivity contribution in [2.45, 2.75) is 18.3 Å². The van der Waals surface area contributed by atoms with Crippen LogP contribution < -0.4 is 10.6 Å². The summed E-state index contributed by atoms with van der Waals surface area (Å²) in [7, 11) is 0. The lowest BCUT2D eigenvalue weighted by Gasteiger charge is -2.20. The largest absolute Gasteiger partial charge is 0.340 e. The maximum atomic E-state index is 14.1. The molecule has 0 radical (unpaired) electrons. The lowest BCUT2D eigenvalue weighted by atomic mass is 9.79. The highest BCUT2D eigenvalue weighted by Crippen LogP contribution is 2.47. The van der Waals surface area contributed by atoms with Gasteiger partial charge >= 0.3 is 0 Å². The standard InChI is InChI=1S/C26H17F2N5O2/c27-19-5-1-3-17(22(19)28)23(34)20-10-21(31-13-30-20)32-16-7-6-14-11-26(12-15(14)9-16)18-4-2-8-29-24(18)33-25(26)35/h1-10,13H,11-12H2,(H,29,33,35)(H,30,31,32). The van der Waals surface area contributed by atoms with Gasteiger partial charge in [0.25, 0.3) is 0 Å². The molecule has 172 valence electrons. The van der Waals surface area contributed by atoms with Crippen molar-refractivity contribution >= 4 is 29.0 Å². The molecular weight excluding hydrogens is 452 g/mol. The Bertz CT molecular complexity index is 1540. The minimum Gasteiger partial charge on any atom is -0.340 e. The van der Waals surface area contributed by atoms with Crippen molar-refractivity contribution in [3.05, 3.63) is 107 Å². The molecule has 2 aromatic heterocycles. The lowest BCUT2D eigenvalue weighted by molar-refractivity contribution is -0.120. The first kappa shape index (κ1) is 21.0. The van der Waals surface area contributed by atoms with Crippen LogP contribution in [0.1, 0.15) is 32.7 Å². The molecule has 1 amide bonds. The van der Waals surface area contributed by atoms with Crippen LogP contribution in [0.15, 0.2) is 67.1 Å². The number of benzene rings is 2. The fourth-order valence-electron chi connectivity index (χ4n) is 4.86. The minimum atomic E-state index is -1.22. The quantitative estimate of drug-likeness (QED) is 0.437. The van der Waals surface area contributed by atoms with Gasteiger partial charge in [-0.05, 0) is 54.3 Å². The van der Waals surface area contributed by atoms with Gasteiger partial charge < -0.3 is 10.6 Å². The predicted molar refractivity (Wildman–Crippen MR) is 123 cm³/mol. The average molecular weight is 469 g/mol. The van der Waals surface area contributed by atoms with Gasteiger partial charge in [0.2, 0.25) is 11.7 Å². The van der Waals surface area contributed by atoms with Crippen LogP contribution in [0.25, 0.3) is 0 Å². The summed E-state index contributed by atoms with van der Waals surface area (Å²) in [6.45, 7) is 0. The lowest BCUT2D eigenvalue weighted by Crippen LogP contribution is -2.35. The molecule has 2 N–H and O–H groups in total. The monoisotopic (exact) mass is 469 g/mol. The summed E-state index contributed by atoms with van der Waals surface area (Å²) in [5.74, 6) is -2.19. The van der Waals surface area contributed by atoms with E-state index in [9.17, 15) is 18.4 Å². The summed E-state index contributed by atoms with van der Waals surface area (Å²) < 4.78 is 27.6. The van der Waals surface area contributed by atoms with Crippen LogP contribution in [0.4, 0.5) is 26.1 Å². The van der Waals surface area contributed by atoms with E-state index in [2.05, 4.69) is 25.6 Å². The molecule has 3 heterocycles. The van der Waals surface area contributed by atoms with Gasteiger partial charge in [-0.1, -0.05) is 18.2 Å². The molecule has 2 aliphatic rings. The van der Waals surface area contributed by atoms with Crippen LogP contribution in [-0.4, -0.2) is 26.6 Å². The first-order valence-electron chi connectivity index (χ1n) is 10.9. The SMILES string of the molecule is O=C(c1cc(Nc2ccc3c(c2)CC2(C3)C(=O)Nc3ncccc32)ncn1)c1cccc(F)c1F. The molecule has 6 rings (SSSR count). The molecule has 0 bridgehead atoms. The summed E-state index contributed by atoms with van der Waals surface area (Å²) >= 11 is 0. The zero-order valence-electron chi connectivity index (χ0n) is 18.2. The summed E-state index contributed by atoms with van der Waals surface area (Å²) in [6, 6.07) is 14.3. The Labute approximate surface area is 198 Å².